The van der Waals surface area contributed by atoms with Gasteiger partial charge in [0.25, 0.3) is 0 Å². The number of nitrogen functional groups attached to an aromatic ring is 1. The molecule has 0 unspecified atom stereocenters. The number of aryl methyl sites for hydroxylation is 1. The summed E-state index contributed by atoms with van der Waals surface area (Å²) in [6.07, 6.45) is 0. The van der Waals surface area contributed by atoms with Crippen molar-refractivity contribution in [3.05, 3.63) is 47.0 Å². The maximum atomic E-state index is 11.7. The van der Waals surface area contributed by atoms with Gasteiger partial charge in [-0.25, -0.2) is 13.1 Å². The van der Waals surface area contributed by atoms with Crippen LogP contribution in [0.2, 0.25) is 5.02 Å². The van der Waals surface area contributed by atoms with Gasteiger partial charge in [0, 0.05) is 5.02 Å². The van der Waals surface area contributed by atoms with Crippen molar-refractivity contribution >= 4 is 27.3 Å². The normalized spacial score (nSPS) is 11.4. The summed E-state index contributed by atoms with van der Waals surface area (Å²) in [4.78, 5) is 0.0812. The molecule has 0 amide bonds. The molecule has 0 aromatic heterocycles. The number of anilines is 1. The molecule has 2 aromatic rings. The van der Waals surface area contributed by atoms with Crippen LogP contribution in [-0.2, 0) is 10.0 Å². The molecule has 0 aliphatic carbocycles. The molecule has 0 bridgehead atoms. The van der Waals surface area contributed by atoms with Crippen molar-refractivity contribution in [2.45, 2.75) is 11.8 Å². The number of rotatable bonds is 4. The first kappa shape index (κ1) is 15.6. The zero-order valence-electron chi connectivity index (χ0n) is 11.6. The second kappa shape index (κ2) is 5.93. The molecule has 0 heterocycles. The average molecular weight is 327 g/mol. The van der Waals surface area contributed by atoms with E-state index in [0.29, 0.717) is 16.5 Å². The molecule has 21 heavy (non-hydrogen) atoms. The number of sulfonamides is 1. The summed E-state index contributed by atoms with van der Waals surface area (Å²) >= 11 is 5.93. The van der Waals surface area contributed by atoms with Gasteiger partial charge in [0.15, 0.2) is 0 Å². The molecule has 5 nitrogen and oxygen atoms in total. The number of halogens is 1. The Balaban J connectivity index is 2.36. The van der Waals surface area contributed by atoms with Gasteiger partial charge in [-0.1, -0.05) is 17.7 Å². The van der Waals surface area contributed by atoms with Crippen molar-refractivity contribution in [1.29, 1.82) is 0 Å². The second-order valence-electron chi connectivity index (χ2n) is 4.42. The first-order chi connectivity index (χ1) is 9.83. The van der Waals surface area contributed by atoms with Gasteiger partial charge in [-0.2, -0.15) is 0 Å². The highest BCUT2D eigenvalue weighted by Crippen LogP contribution is 2.32. The van der Waals surface area contributed by atoms with Crippen molar-refractivity contribution in [2.24, 2.45) is 0 Å². The fourth-order valence-electron chi connectivity index (χ4n) is 1.71. The Morgan fingerprint density at radius 1 is 1.14 bits per heavy atom. The minimum atomic E-state index is -3.53. The fraction of sp³-hybridized carbons (Fsp3) is 0.143. The van der Waals surface area contributed by atoms with Gasteiger partial charge in [0.2, 0.25) is 10.0 Å². The third kappa shape index (κ3) is 3.47. The molecule has 0 radical (unpaired) electrons. The zero-order chi connectivity index (χ0) is 15.6. The number of hydrogen-bond acceptors (Lipinski definition) is 4. The lowest BCUT2D eigenvalue weighted by molar-refractivity contribution is 0.481. The van der Waals surface area contributed by atoms with Gasteiger partial charge in [-0.3, -0.25) is 0 Å². The highest BCUT2D eigenvalue weighted by atomic mass is 35.5. The molecule has 3 N–H and O–H groups in total. The SMILES string of the molecule is CNS(=O)(=O)c1ccc(Oc2cc(Cl)ccc2C)c(N)c1. The van der Waals surface area contributed by atoms with E-state index in [0.717, 1.165) is 5.56 Å². The third-order valence-electron chi connectivity index (χ3n) is 2.93. The minimum absolute atomic E-state index is 0.0812. The number of ether oxygens (including phenoxy) is 1. The molecule has 0 atom stereocenters. The van der Waals surface area contributed by atoms with Gasteiger partial charge in [0.05, 0.1) is 10.6 Å². The van der Waals surface area contributed by atoms with Crippen LogP contribution < -0.4 is 15.2 Å². The summed E-state index contributed by atoms with van der Waals surface area (Å²) in [6, 6.07) is 9.55. The van der Waals surface area contributed by atoms with E-state index in [9.17, 15) is 8.42 Å². The Labute approximate surface area is 128 Å². The van der Waals surface area contributed by atoms with Gasteiger partial charge in [0.1, 0.15) is 11.5 Å². The summed E-state index contributed by atoms with van der Waals surface area (Å²) in [5, 5.41) is 0.545. The summed E-state index contributed by atoms with van der Waals surface area (Å²) < 4.78 is 31.3. The minimum Gasteiger partial charge on any atom is -0.455 e. The van der Waals surface area contributed by atoms with Crippen LogP contribution in [0.15, 0.2) is 41.3 Å². The van der Waals surface area contributed by atoms with E-state index in [2.05, 4.69) is 4.72 Å². The molecule has 112 valence electrons. The molecule has 0 saturated heterocycles. The van der Waals surface area contributed by atoms with Crippen LogP contribution in [0, 0.1) is 6.92 Å². The standard InChI is InChI=1S/C14H15ClN2O3S/c1-9-3-4-10(15)7-14(9)20-13-6-5-11(8-12(13)16)21(18,19)17-2/h3-8,17H,16H2,1-2H3. The Morgan fingerprint density at radius 2 is 1.86 bits per heavy atom. The molecule has 2 aromatic carbocycles. The molecule has 7 heteroatoms. The highest BCUT2D eigenvalue weighted by Gasteiger charge is 2.14. The first-order valence-corrected chi connectivity index (χ1v) is 7.96. The van der Waals surface area contributed by atoms with Crippen molar-refractivity contribution in [3.63, 3.8) is 0 Å². The molecule has 0 aliphatic heterocycles. The monoisotopic (exact) mass is 326 g/mol. The van der Waals surface area contributed by atoms with E-state index in [1.807, 2.05) is 13.0 Å². The van der Waals surface area contributed by atoms with Crippen LogP contribution in [0.4, 0.5) is 5.69 Å². The average Bonchev–Trinajstić information content (AvgIpc) is 2.44. The van der Waals surface area contributed by atoms with Crippen molar-refractivity contribution < 1.29 is 13.2 Å². The predicted octanol–water partition coefficient (Wildman–Crippen LogP) is 2.93. The van der Waals surface area contributed by atoms with Crippen LogP contribution in [0.3, 0.4) is 0 Å². The molecule has 0 saturated carbocycles. The van der Waals surface area contributed by atoms with Crippen LogP contribution in [0.25, 0.3) is 0 Å². The maximum absolute atomic E-state index is 11.7. The molecular weight excluding hydrogens is 312 g/mol. The van der Waals surface area contributed by atoms with Crippen LogP contribution >= 0.6 is 11.6 Å². The van der Waals surface area contributed by atoms with E-state index < -0.39 is 10.0 Å². The Kier molecular flexibility index (Phi) is 4.41. The van der Waals surface area contributed by atoms with Crippen molar-refractivity contribution in [1.82, 2.24) is 4.72 Å². The first-order valence-electron chi connectivity index (χ1n) is 6.10. The largest absolute Gasteiger partial charge is 0.455 e. The van der Waals surface area contributed by atoms with Gasteiger partial charge in [-0.15, -0.1) is 0 Å². The molecular formula is C14H15ClN2O3S. The topological polar surface area (TPSA) is 81.4 Å². The molecule has 2 rings (SSSR count). The third-order valence-corrected chi connectivity index (χ3v) is 4.58. The number of hydrogen-bond donors (Lipinski definition) is 2. The molecule has 0 aliphatic rings. The smallest absolute Gasteiger partial charge is 0.240 e. The Bertz CT molecular complexity index is 776. The van der Waals surface area contributed by atoms with Gasteiger partial charge >= 0.3 is 0 Å². The number of nitrogens with one attached hydrogen (secondary N) is 1. The lowest BCUT2D eigenvalue weighted by Crippen LogP contribution is -2.18. The van der Waals surface area contributed by atoms with E-state index in [4.69, 9.17) is 22.1 Å². The van der Waals surface area contributed by atoms with Crippen molar-refractivity contribution in [2.75, 3.05) is 12.8 Å². The number of benzene rings is 2. The second-order valence-corrected chi connectivity index (χ2v) is 6.74. The van der Waals surface area contributed by atoms with Gasteiger partial charge < -0.3 is 10.5 Å². The Hall–Kier alpha value is -1.76. The van der Waals surface area contributed by atoms with Crippen LogP contribution in [0.1, 0.15) is 5.56 Å². The summed E-state index contributed by atoms with van der Waals surface area (Å²) in [6.45, 7) is 1.88. The predicted molar refractivity (Wildman–Crippen MR) is 83.4 cm³/mol. The van der Waals surface area contributed by atoms with Gasteiger partial charge in [-0.05, 0) is 49.9 Å². The summed E-state index contributed by atoms with van der Waals surface area (Å²) in [7, 11) is -2.19. The van der Waals surface area contributed by atoms with Crippen molar-refractivity contribution in [3.8, 4) is 11.5 Å². The summed E-state index contributed by atoms with van der Waals surface area (Å²) in [5.74, 6) is 0.939. The lowest BCUT2D eigenvalue weighted by Gasteiger charge is -2.12. The highest BCUT2D eigenvalue weighted by molar-refractivity contribution is 7.89. The van der Waals surface area contributed by atoms with E-state index in [-0.39, 0.29) is 10.6 Å². The molecule has 0 fully saturated rings. The van der Waals surface area contributed by atoms with Crippen LogP contribution in [0.5, 0.6) is 11.5 Å². The van der Waals surface area contributed by atoms with E-state index >= 15 is 0 Å². The fourth-order valence-corrected chi connectivity index (χ4v) is 2.63. The lowest BCUT2D eigenvalue weighted by atomic mass is 10.2. The zero-order valence-corrected chi connectivity index (χ0v) is 13.1. The quantitative estimate of drug-likeness (QED) is 0.846. The van der Waals surface area contributed by atoms with E-state index in [1.54, 1.807) is 12.1 Å². The molecule has 0 spiro atoms. The van der Waals surface area contributed by atoms with Crippen LogP contribution in [-0.4, -0.2) is 15.5 Å². The Morgan fingerprint density at radius 3 is 2.48 bits per heavy atom. The van der Waals surface area contributed by atoms with E-state index in [1.165, 1.54) is 25.2 Å². The maximum Gasteiger partial charge on any atom is 0.240 e. The number of nitrogens with two attached hydrogens (primary N) is 1. The summed E-state index contributed by atoms with van der Waals surface area (Å²) in [5.41, 5.74) is 6.98.